The molecule has 0 aliphatic rings. The van der Waals surface area contributed by atoms with E-state index in [1.165, 1.54) is 36.9 Å². The molecule has 0 radical (unpaired) electrons. The van der Waals surface area contributed by atoms with E-state index >= 15 is 0 Å². The first-order chi connectivity index (χ1) is 16.1. The van der Waals surface area contributed by atoms with Gasteiger partial charge in [0.2, 0.25) is 0 Å². The lowest BCUT2D eigenvalue weighted by molar-refractivity contribution is 0.0698. The third-order valence-corrected chi connectivity index (χ3v) is 5.91. The Morgan fingerprint density at radius 2 is 1.48 bits per heavy atom. The van der Waals surface area contributed by atoms with Crippen molar-refractivity contribution in [1.29, 1.82) is 0 Å². The van der Waals surface area contributed by atoms with E-state index in [1.807, 2.05) is 42.5 Å². The normalized spacial score (nSPS) is 10.7. The van der Waals surface area contributed by atoms with Gasteiger partial charge in [0, 0.05) is 24.5 Å². The van der Waals surface area contributed by atoms with Crippen LogP contribution in [0.3, 0.4) is 0 Å². The molecule has 0 saturated heterocycles. The highest BCUT2D eigenvalue weighted by atomic mass is 16.4. The molecule has 0 atom stereocenters. The van der Waals surface area contributed by atoms with Crippen LogP contribution in [-0.4, -0.2) is 24.2 Å². The summed E-state index contributed by atoms with van der Waals surface area (Å²) in [5.41, 5.74) is 5.53. The second-order valence-electron chi connectivity index (χ2n) is 8.54. The van der Waals surface area contributed by atoms with E-state index in [1.54, 1.807) is 6.07 Å². The monoisotopic (exact) mass is 444 g/mol. The Morgan fingerprint density at radius 3 is 2.12 bits per heavy atom. The third-order valence-electron chi connectivity index (χ3n) is 5.91. The van der Waals surface area contributed by atoms with Crippen molar-refractivity contribution in [2.45, 2.75) is 52.4 Å². The average molecular weight is 445 g/mol. The molecule has 4 nitrogen and oxygen atoms in total. The van der Waals surface area contributed by atoms with Gasteiger partial charge in [-0.25, -0.2) is 4.79 Å². The zero-order valence-electron chi connectivity index (χ0n) is 19.9. The van der Waals surface area contributed by atoms with E-state index in [9.17, 15) is 9.90 Å². The van der Waals surface area contributed by atoms with Gasteiger partial charge in [0.15, 0.2) is 0 Å². The van der Waals surface area contributed by atoms with Crippen LogP contribution in [0.25, 0.3) is 0 Å². The van der Waals surface area contributed by atoms with E-state index in [0.717, 1.165) is 37.2 Å². The second kappa shape index (κ2) is 12.7. The summed E-state index contributed by atoms with van der Waals surface area (Å²) in [7, 11) is 0. The van der Waals surface area contributed by atoms with Crippen molar-refractivity contribution in [2.75, 3.05) is 23.3 Å². The summed E-state index contributed by atoms with van der Waals surface area (Å²) in [6.45, 7) is 6.69. The Balaban J connectivity index is 1.73. The molecule has 3 aromatic carbocycles. The van der Waals surface area contributed by atoms with E-state index in [4.69, 9.17) is 0 Å². The Morgan fingerprint density at radius 1 is 0.818 bits per heavy atom. The quantitative estimate of drug-likeness (QED) is 0.290. The first kappa shape index (κ1) is 24.4. The van der Waals surface area contributed by atoms with E-state index in [-0.39, 0.29) is 5.56 Å². The highest BCUT2D eigenvalue weighted by molar-refractivity contribution is 5.95. The van der Waals surface area contributed by atoms with Gasteiger partial charge in [0.05, 0.1) is 11.3 Å². The maximum absolute atomic E-state index is 11.7. The lowest BCUT2D eigenvalue weighted by atomic mass is 10.0. The summed E-state index contributed by atoms with van der Waals surface area (Å²) < 4.78 is 0. The van der Waals surface area contributed by atoms with Crippen LogP contribution in [0.4, 0.5) is 17.1 Å². The molecule has 0 aliphatic heterocycles. The van der Waals surface area contributed by atoms with E-state index in [2.05, 4.69) is 48.3 Å². The molecule has 0 aromatic heterocycles. The summed E-state index contributed by atoms with van der Waals surface area (Å²) >= 11 is 0. The van der Waals surface area contributed by atoms with Crippen molar-refractivity contribution in [2.24, 2.45) is 0 Å². The molecule has 3 aromatic rings. The van der Waals surface area contributed by atoms with E-state index in [0.29, 0.717) is 5.69 Å². The van der Waals surface area contributed by atoms with Crippen LogP contribution in [0, 0.1) is 0 Å². The lowest BCUT2D eigenvalue weighted by Crippen LogP contribution is -2.25. The van der Waals surface area contributed by atoms with Crippen LogP contribution in [0.1, 0.15) is 61.0 Å². The first-order valence-electron chi connectivity index (χ1n) is 12.1. The molecule has 0 aliphatic carbocycles. The first-order valence-corrected chi connectivity index (χ1v) is 12.1. The fraction of sp³-hybridized carbons (Fsp3) is 0.345. The summed E-state index contributed by atoms with van der Waals surface area (Å²) in [4.78, 5) is 14.2. The molecule has 0 saturated carbocycles. The SMILES string of the molecule is CCCCN(CCCC)c1cccc(CCc2ccc(C(=O)O)c(Nc3ccccc3)c2)c1. The molecular weight excluding hydrogens is 408 g/mol. The number of aromatic carboxylic acids is 1. The molecule has 33 heavy (non-hydrogen) atoms. The number of unbranched alkanes of at least 4 members (excludes halogenated alkanes) is 2. The molecule has 4 heteroatoms. The van der Waals surface area contributed by atoms with Crippen molar-refractivity contribution >= 4 is 23.0 Å². The number of benzene rings is 3. The molecule has 0 amide bonds. The van der Waals surface area contributed by atoms with Gasteiger partial charge >= 0.3 is 5.97 Å². The van der Waals surface area contributed by atoms with Crippen molar-refractivity contribution in [1.82, 2.24) is 0 Å². The second-order valence-corrected chi connectivity index (χ2v) is 8.54. The van der Waals surface area contributed by atoms with Crippen molar-refractivity contribution < 1.29 is 9.90 Å². The van der Waals surface area contributed by atoms with Crippen LogP contribution in [-0.2, 0) is 12.8 Å². The maximum atomic E-state index is 11.7. The molecule has 0 fully saturated rings. The zero-order valence-corrected chi connectivity index (χ0v) is 19.9. The van der Waals surface area contributed by atoms with Gasteiger partial charge in [-0.3, -0.25) is 0 Å². The fourth-order valence-corrected chi connectivity index (χ4v) is 3.98. The average Bonchev–Trinajstić information content (AvgIpc) is 2.83. The molecule has 3 rings (SSSR count). The minimum Gasteiger partial charge on any atom is -0.478 e. The van der Waals surface area contributed by atoms with Crippen LogP contribution in [0.5, 0.6) is 0 Å². The van der Waals surface area contributed by atoms with Gasteiger partial charge in [-0.05, 0) is 73.2 Å². The van der Waals surface area contributed by atoms with Gasteiger partial charge in [0.25, 0.3) is 0 Å². The molecule has 0 spiro atoms. The Hall–Kier alpha value is -3.27. The number of hydrogen-bond donors (Lipinski definition) is 2. The zero-order chi connectivity index (χ0) is 23.5. The highest BCUT2D eigenvalue weighted by Crippen LogP contribution is 2.24. The number of rotatable bonds is 13. The Labute approximate surface area is 198 Å². The smallest absolute Gasteiger partial charge is 0.337 e. The largest absolute Gasteiger partial charge is 0.478 e. The highest BCUT2D eigenvalue weighted by Gasteiger charge is 2.12. The summed E-state index contributed by atoms with van der Waals surface area (Å²) in [6, 6.07) is 24.2. The number of nitrogens with zero attached hydrogens (tertiary/aromatic N) is 1. The topological polar surface area (TPSA) is 52.6 Å². The van der Waals surface area contributed by atoms with Crippen LogP contribution >= 0.6 is 0 Å². The predicted molar refractivity (Wildman–Crippen MR) is 139 cm³/mol. The number of carboxylic acid groups (broad SMARTS) is 1. The number of anilines is 3. The van der Waals surface area contributed by atoms with Crippen molar-refractivity contribution in [3.8, 4) is 0 Å². The summed E-state index contributed by atoms with van der Waals surface area (Å²) in [6.07, 6.45) is 6.60. The molecule has 0 unspecified atom stereocenters. The lowest BCUT2D eigenvalue weighted by Gasteiger charge is -2.25. The molecular formula is C29H36N2O2. The summed E-state index contributed by atoms with van der Waals surface area (Å²) in [5.74, 6) is -0.924. The Bertz CT molecular complexity index is 1010. The minimum absolute atomic E-state index is 0.284. The molecule has 2 N–H and O–H groups in total. The van der Waals surface area contributed by atoms with Gasteiger partial charge in [0.1, 0.15) is 0 Å². The van der Waals surface area contributed by atoms with Crippen LogP contribution in [0.15, 0.2) is 72.8 Å². The molecule has 174 valence electrons. The number of carbonyl (C=O) groups is 1. The Kier molecular flexibility index (Phi) is 9.37. The number of nitrogens with one attached hydrogen (secondary N) is 1. The maximum Gasteiger partial charge on any atom is 0.337 e. The number of hydrogen-bond acceptors (Lipinski definition) is 3. The fourth-order valence-electron chi connectivity index (χ4n) is 3.98. The number of carboxylic acids is 1. The molecule has 0 bridgehead atoms. The van der Waals surface area contributed by atoms with Gasteiger partial charge < -0.3 is 15.3 Å². The summed E-state index contributed by atoms with van der Waals surface area (Å²) in [5, 5.41) is 12.9. The third kappa shape index (κ3) is 7.38. The standard InChI is InChI=1S/C29H36N2O2/c1-3-5-19-31(20-6-4-2)26-14-10-11-23(21-26)15-16-24-17-18-27(29(32)33)28(22-24)30-25-12-8-7-9-13-25/h7-14,17-18,21-22,30H,3-6,15-16,19-20H2,1-2H3,(H,32,33). The predicted octanol–water partition coefficient (Wildman–Crippen LogP) is 7.32. The number of aryl methyl sites for hydroxylation is 2. The van der Waals surface area contributed by atoms with Crippen molar-refractivity contribution in [3.05, 3.63) is 89.5 Å². The van der Waals surface area contributed by atoms with Crippen LogP contribution < -0.4 is 10.2 Å². The van der Waals surface area contributed by atoms with Gasteiger partial charge in [-0.15, -0.1) is 0 Å². The number of para-hydroxylation sites is 1. The van der Waals surface area contributed by atoms with Crippen molar-refractivity contribution in [3.63, 3.8) is 0 Å². The van der Waals surface area contributed by atoms with E-state index < -0.39 is 5.97 Å². The minimum atomic E-state index is -0.924. The van der Waals surface area contributed by atoms with Gasteiger partial charge in [-0.2, -0.15) is 0 Å². The molecule has 0 heterocycles. The van der Waals surface area contributed by atoms with Gasteiger partial charge in [-0.1, -0.05) is 63.1 Å². The van der Waals surface area contributed by atoms with Crippen LogP contribution in [0.2, 0.25) is 0 Å².